The van der Waals surface area contributed by atoms with Crippen LogP contribution in [0, 0.1) is 5.92 Å². The van der Waals surface area contributed by atoms with Crippen molar-refractivity contribution in [2.24, 2.45) is 5.92 Å². The molecule has 2 N–H and O–H groups in total. The van der Waals surface area contributed by atoms with Crippen molar-refractivity contribution in [3.8, 4) is 11.5 Å². The highest BCUT2D eigenvalue weighted by Gasteiger charge is 2.26. The minimum atomic E-state index is -3.65. The molecule has 0 saturated heterocycles. The fourth-order valence-corrected chi connectivity index (χ4v) is 3.80. The van der Waals surface area contributed by atoms with E-state index in [1.54, 1.807) is 6.07 Å². The minimum Gasteiger partial charge on any atom is -0.497 e. The van der Waals surface area contributed by atoms with Crippen LogP contribution in [0.1, 0.15) is 19.3 Å². The van der Waals surface area contributed by atoms with Gasteiger partial charge < -0.3 is 14.6 Å². The van der Waals surface area contributed by atoms with Crippen molar-refractivity contribution < 1.29 is 23.0 Å². The van der Waals surface area contributed by atoms with Crippen LogP contribution in [0.25, 0.3) is 0 Å². The molecule has 6 nitrogen and oxygen atoms in total. The molecule has 1 saturated carbocycles. The zero-order chi connectivity index (χ0) is 15.5. The summed E-state index contributed by atoms with van der Waals surface area (Å²) in [4.78, 5) is 0.0874. The lowest BCUT2D eigenvalue weighted by Gasteiger charge is -2.14. The third-order valence-corrected chi connectivity index (χ3v) is 5.20. The molecular weight excluding hydrogens is 294 g/mol. The number of rotatable bonds is 6. The molecule has 0 heterocycles. The Morgan fingerprint density at radius 2 is 2.05 bits per heavy atom. The van der Waals surface area contributed by atoms with E-state index in [9.17, 15) is 13.5 Å². The average Bonchev–Trinajstić information content (AvgIpc) is 2.90. The van der Waals surface area contributed by atoms with Gasteiger partial charge in [-0.15, -0.1) is 0 Å². The fraction of sp³-hybridized carbons (Fsp3) is 0.571. The Labute approximate surface area is 125 Å². The van der Waals surface area contributed by atoms with Gasteiger partial charge in [0.25, 0.3) is 0 Å². The van der Waals surface area contributed by atoms with Crippen LogP contribution in [0.15, 0.2) is 23.1 Å². The van der Waals surface area contributed by atoms with Gasteiger partial charge >= 0.3 is 0 Å². The Balaban J connectivity index is 2.11. The second kappa shape index (κ2) is 6.64. The van der Waals surface area contributed by atoms with Crippen molar-refractivity contribution in [1.29, 1.82) is 0 Å². The number of aliphatic hydroxyl groups is 1. The number of hydrogen-bond donors (Lipinski definition) is 2. The summed E-state index contributed by atoms with van der Waals surface area (Å²) in [5, 5.41) is 9.47. The summed E-state index contributed by atoms with van der Waals surface area (Å²) >= 11 is 0. The molecule has 1 aliphatic carbocycles. The molecule has 2 atom stereocenters. The highest BCUT2D eigenvalue weighted by atomic mass is 32.2. The van der Waals surface area contributed by atoms with E-state index in [1.165, 1.54) is 26.4 Å². The molecule has 2 rings (SSSR count). The van der Waals surface area contributed by atoms with Gasteiger partial charge in [-0.1, -0.05) is 0 Å². The molecule has 1 aromatic rings. The molecule has 21 heavy (non-hydrogen) atoms. The second-order valence-corrected chi connectivity index (χ2v) is 6.94. The Hall–Kier alpha value is -1.31. The van der Waals surface area contributed by atoms with Gasteiger partial charge in [-0.3, -0.25) is 0 Å². The Kier molecular flexibility index (Phi) is 5.08. The number of hydrogen-bond acceptors (Lipinski definition) is 5. The maximum atomic E-state index is 12.4. The molecule has 1 aromatic carbocycles. The number of ether oxygens (including phenoxy) is 2. The first kappa shape index (κ1) is 16.1. The quantitative estimate of drug-likeness (QED) is 0.822. The monoisotopic (exact) mass is 315 g/mol. The molecule has 1 fully saturated rings. The molecule has 0 aromatic heterocycles. The lowest BCUT2D eigenvalue weighted by Crippen LogP contribution is -2.29. The Bertz CT molecular complexity index is 587. The number of sulfonamides is 1. The van der Waals surface area contributed by atoms with E-state index in [0.29, 0.717) is 18.7 Å². The molecule has 0 bridgehead atoms. The van der Waals surface area contributed by atoms with E-state index >= 15 is 0 Å². The van der Waals surface area contributed by atoms with Crippen LogP contribution in [0.3, 0.4) is 0 Å². The predicted octanol–water partition coefficient (Wildman–Crippen LogP) is 1.14. The summed E-state index contributed by atoms with van der Waals surface area (Å²) in [5.41, 5.74) is 0. The van der Waals surface area contributed by atoms with Crippen LogP contribution in [0.5, 0.6) is 11.5 Å². The molecule has 0 radical (unpaired) electrons. The van der Waals surface area contributed by atoms with E-state index in [0.717, 1.165) is 12.8 Å². The normalized spacial score (nSPS) is 22.2. The van der Waals surface area contributed by atoms with Gasteiger partial charge in [0, 0.05) is 12.6 Å². The second-order valence-electron chi connectivity index (χ2n) is 5.20. The van der Waals surface area contributed by atoms with Gasteiger partial charge in [0.05, 0.1) is 20.3 Å². The zero-order valence-corrected chi connectivity index (χ0v) is 13.0. The molecule has 0 spiro atoms. The van der Waals surface area contributed by atoms with E-state index in [-0.39, 0.29) is 22.7 Å². The van der Waals surface area contributed by atoms with Gasteiger partial charge in [0.2, 0.25) is 10.0 Å². The third-order valence-electron chi connectivity index (χ3n) is 3.74. The summed E-state index contributed by atoms with van der Waals surface area (Å²) in [6.45, 7) is 0.328. The summed E-state index contributed by atoms with van der Waals surface area (Å²) in [6, 6.07) is 4.58. The van der Waals surface area contributed by atoms with Gasteiger partial charge in [-0.05, 0) is 37.3 Å². The van der Waals surface area contributed by atoms with Crippen LogP contribution in [0.2, 0.25) is 0 Å². The first-order valence-corrected chi connectivity index (χ1v) is 8.34. The van der Waals surface area contributed by atoms with Crippen LogP contribution in [0.4, 0.5) is 0 Å². The van der Waals surface area contributed by atoms with Crippen LogP contribution >= 0.6 is 0 Å². The number of nitrogens with one attached hydrogen (secondary N) is 1. The van der Waals surface area contributed by atoms with Gasteiger partial charge in [-0.2, -0.15) is 0 Å². The predicted molar refractivity (Wildman–Crippen MR) is 78.1 cm³/mol. The summed E-state index contributed by atoms with van der Waals surface area (Å²) in [6.07, 6.45) is 1.90. The summed E-state index contributed by atoms with van der Waals surface area (Å²) < 4.78 is 37.5. The Morgan fingerprint density at radius 3 is 2.62 bits per heavy atom. The lowest BCUT2D eigenvalue weighted by molar-refractivity contribution is 0.178. The van der Waals surface area contributed by atoms with Crippen LogP contribution in [-0.2, 0) is 10.0 Å². The minimum absolute atomic E-state index is 0.0874. The fourth-order valence-electron chi connectivity index (χ4n) is 2.54. The smallest absolute Gasteiger partial charge is 0.244 e. The maximum absolute atomic E-state index is 12.4. The average molecular weight is 315 g/mol. The topological polar surface area (TPSA) is 84.9 Å². The first-order chi connectivity index (χ1) is 9.96. The first-order valence-electron chi connectivity index (χ1n) is 6.86. The number of benzene rings is 1. The number of methoxy groups -OCH3 is 2. The van der Waals surface area contributed by atoms with E-state index in [2.05, 4.69) is 4.72 Å². The SMILES string of the molecule is COc1ccc(S(=O)(=O)NCC2CCC(O)C2)c(OC)c1. The van der Waals surface area contributed by atoms with E-state index in [1.807, 2.05) is 0 Å². The van der Waals surface area contributed by atoms with Crippen LogP contribution < -0.4 is 14.2 Å². The van der Waals surface area contributed by atoms with Crippen molar-refractivity contribution in [2.45, 2.75) is 30.3 Å². The molecule has 0 aliphatic heterocycles. The van der Waals surface area contributed by atoms with Crippen molar-refractivity contribution >= 4 is 10.0 Å². The van der Waals surface area contributed by atoms with Crippen molar-refractivity contribution in [3.63, 3.8) is 0 Å². The molecule has 2 unspecified atom stereocenters. The standard InChI is InChI=1S/C14H21NO5S/c1-19-12-5-6-14(13(8-12)20-2)21(17,18)15-9-10-3-4-11(16)7-10/h5-6,8,10-11,15-16H,3-4,7,9H2,1-2H3. The van der Waals surface area contributed by atoms with Gasteiger partial charge in [0.15, 0.2) is 0 Å². The molecule has 7 heteroatoms. The van der Waals surface area contributed by atoms with Crippen LogP contribution in [-0.4, -0.2) is 40.4 Å². The molecule has 118 valence electrons. The summed E-state index contributed by atoms with van der Waals surface area (Å²) in [5.74, 6) is 0.956. The van der Waals surface area contributed by atoms with E-state index in [4.69, 9.17) is 9.47 Å². The molecule has 0 amide bonds. The maximum Gasteiger partial charge on any atom is 0.244 e. The van der Waals surface area contributed by atoms with Gasteiger partial charge in [0.1, 0.15) is 16.4 Å². The van der Waals surface area contributed by atoms with Gasteiger partial charge in [-0.25, -0.2) is 13.1 Å². The summed E-state index contributed by atoms with van der Waals surface area (Å²) in [7, 11) is -0.721. The van der Waals surface area contributed by atoms with E-state index < -0.39 is 10.0 Å². The zero-order valence-electron chi connectivity index (χ0n) is 12.2. The molecular formula is C14H21NO5S. The highest BCUT2D eigenvalue weighted by Crippen LogP contribution is 2.29. The Morgan fingerprint density at radius 1 is 1.29 bits per heavy atom. The van der Waals surface area contributed by atoms with Crippen molar-refractivity contribution in [2.75, 3.05) is 20.8 Å². The van der Waals surface area contributed by atoms with Crippen molar-refractivity contribution in [1.82, 2.24) is 4.72 Å². The third kappa shape index (κ3) is 3.87. The largest absolute Gasteiger partial charge is 0.497 e. The number of aliphatic hydroxyl groups excluding tert-OH is 1. The van der Waals surface area contributed by atoms with Crippen molar-refractivity contribution in [3.05, 3.63) is 18.2 Å². The lowest BCUT2D eigenvalue weighted by atomic mass is 10.1. The highest BCUT2D eigenvalue weighted by molar-refractivity contribution is 7.89. The molecule has 1 aliphatic rings.